The molecule has 3 nitrogen and oxygen atoms in total. The Morgan fingerprint density at radius 2 is 2.11 bits per heavy atom. The van der Waals surface area contributed by atoms with Crippen LogP contribution < -0.4 is 11.1 Å². The van der Waals surface area contributed by atoms with Gasteiger partial charge in [-0.3, -0.25) is 4.79 Å². The zero-order chi connectivity index (χ0) is 13.7. The average molecular weight is 297 g/mol. The number of carbonyl (C=O) groups is 1. The lowest BCUT2D eigenvalue weighted by molar-refractivity contribution is -0.118. The van der Waals surface area contributed by atoms with Crippen molar-refractivity contribution in [2.45, 2.75) is 25.8 Å². The molecule has 0 saturated carbocycles. The molecule has 0 saturated heterocycles. The highest BCUT2D eigenvalue weighted by atomic mass is 35.5. The highest BCUT2D eigenvalue weighted by Gasteiger charge is 2.08. The summed E-state index contributed by atoms with van der Waals surface area (Å²) in [6, 6.07) is 8.16. The topological polar surface area (TPSA) is 55.1 Å². The molecule has 0 bridgehead atoms. The van der Waals surface area contributed by atoms with Crippen LogP contribution in [0.25, 0.3) is 10.1 Å². The summed E-state index contributed by atoms with van der Waals surface area (Å²) < 4.78 is 1.22. The minimum atomic E-state index is -0.229. The van der Waals surface area contributed by atoms with E-state index in [-0.39, 0.29) is 5.91 Å². The largest absolute Gasteiger partial charge is 0.370 e. The third-order valence-corrected chi connectivity index (χ3v) is 4.63. The SMILES string of the molecule is NC(=O)CCCCNCc1sc2ccccc2c1Cl. The zero-order valence-corrected chi connectivity index (χ0v) is 12.2. The van der Waals surface area contributed by atoms with Gasteiger partial charge < -0.3 is 11.1 Å². The van der Waals surface area contributed by atoms with Gasteiger partial charge in [0.15, 0.2) is 0 Å². The molecule has 3 N–H and O–H groups in total. The molecule has 2 rings (SSSR count). The van der Waals surface area contributed by atoms with Gasteiger partial charge in [-0.15, -0.1) is 11.3 Å². The molecule has 2 aromatic rings. The Morgan fingerprint density at radius 1 is 1.32 bits per heavy atom. The maximum absolute atomic E-state index is 10.6. The molecule has 0 aliphatic heterocycles. The lowest BCUT2D eigenvalue weighted by Gasteiger charge is -2.02. The molecule has 1 aromatic carbocycles. The molecule has 0 aliphatic carbocycles. The number of fused-ring (bicyclic) bond motifs is 1. The Bertz CT molecular complexity index is 568. The summed E-state index contributed by atoms with van der Waals surface area (Å²) in [7, 11) is 0. The molecule has 19 heavy (non-hydrogen) atoms. The van der Waals surface area contributed by atoms with E-state index in [0.29, 0.717) is 6.42 Å². The summed E-state index contributed by atoms with van der Waals surface area (Å²) in [5.74, 6) is -0.229. The quantitative estimate of drug-likeness (QED) is 0.770. The van der Waals surface area contributed by atoms with Gasteiger partial charge in [-0.1, -0.05) is 29.8 Å². The van der Waals surface area contributed by atoms with Crippen LogP contribution in [0.15, 0.2) is 24.3 Å². The predicted molar refractivity (Wildman–Crippen MR) is 81.6 cm³/mol. The lowest BCUT2D eigenvalue weighted by atomic mass is 10.2. The highest BCUT2D eigenvalue weighted by Crippen LogP contribution is 2.34. The van der Waals surface area contributed by atoms with Gasteiger partial charge in [0.1, 0.15) is 0 Å². The first-order valence-corrected chi connectivity index (χ1v) is 7.53. The fourth-order valence-corrected chi connectivity index (χ4v) is 3.40. The van der Waals surface area contributed by atoms with Crippen molar-refractivity contribution in [3.05, 3.63) is 34.2 Å². The second-order valence-corrected chi connectivity index (χ2v) is 5.95. The fourth-order valence-electron chi connectivity index (χ4n) is 1.93. The normalized spacial score (nSPS) is 11.0. The van der Waals surface area contributed by atoms with Crippen molar-refractivity contribution in [2.24, 2.45) is 5.73 Å². The zero-order valence-electron chi connectivity index (χ0n) is 10.6. The molecule has 0 atom stereocenters. The Labute approximate surface area is 121 Å². The van der Waals surface area contributed by atoms with Crippen molar-refractivity contribution in [1.29, 1.82) is 0 Å². The first kappa shape index (κ1) is 14.3. The highest BCUT2D eigenvalue weighted by molar-refractivity contribution is 7.19. The van der Waals surface area contributed by atoms with Crippen molar-refractivity contribution in [1.82, 2.24) is 5.32 Å². The Balaban J connectivity index is 1.82. The second-order valence-electron chi connectivity index (χ2n) is 4.44. The average Bonchev–Trinajstić information content (AvgIpc) is 2.71. The van der Waals surface area contributed by atoms with Crippen LogP contribution >= 0.6 is 22.9 Å². The van der Waals surface area contributed by atoms with E-state index in [1.165, 1.54) is 4.70 Å². The van der Waals surface area contributed by atoms with Crippen LogP contribution in [0.5, 0.6) is 0 Å². The van der Waals surface area contributed by atoms with E-state index in [2.05, 4.69) is 11.4 Å². The van der Waals surface area contributed by atoms with Gasteiger partial charge in [-0.2, -0.15) is 0 Å². The van der Waals surface area contributed by atoms with Gasteiger partial charge in [0.05, 0.1) is 5.02 Å². The molecule has 0 radical (unpaired) electrons. The summed E-state index contributed by atoms with van der Waals surface area (Å²) >= 11 is 8.07. The number of amides is 1. The van der Waals surface area contributed by atoms with Crippen molar-refractivity contribution >= 4 is 38.9 Å². The lowest BCUT2D eigenvalue weighted by Crippen LogP contribution is -2.15. The minimum absolute atomic E-state index is 0.229. The molecule has 1 aromatic heterocycles. The number of hydrogen-bond acceptors (Lipinski definition) is 3. The number of halogens is 1. The van der Waals surface area contributed by atoms with Crippen LogP contribution in [0.3, 0.4) is 0 Å². The van der Waals surface area contributed by atoms with Crippen LogP contribution in [0, 0.1) is 0 Å². The van der Waals surface area contributed by atoms with Crippen LogP contribution in [0.4, 0.5) is 0 Å². The third-order valence-electron chi connectivity index (χ3n) is 2.91. The molecular weight excluding hydrogens is 280 g/mol. The summed E-state index contributed by atoms with van der Waals surface area (Å²) in [6.07, 6.45) is 2.25. The molecule has 0 aliphatic rings. The second kappa shape index (κ2) is 6.89. The van der Waals surface area contributed by atoms with E-state index >= 15 is 0 Å². The molecular formula is C14H17ClN2OS. The predicted octanol–water partition coefficient (Wildman–Crippen LogP) is 3.30. The van der Waals surface area contributed by atoms with Crippen LogP contribution in [-0.2, 0) is 11.3 Å². The number of primary amides is 1. The smallest absolute Gasteiger partial charge is 0.217 e. The molecule has 0 spiro atoms. The van der Waals surface area contributed by atoms with E-state index in [4.69, 9.17) is 17.3 Å². The summed E-state index contributed by atoms with van der Waals surface area (Å²) in [6.45, 7) is 1.65. The number of benzene rings is 1. The van der Waals surface area contributed by atoms with Gasteiger partial charge in [-0.25, -0.2) is 0 Å². The fraction of sp³-hybridized carbons (Fsp3) is 0.357. The first-order valence-electron chi connectivity index (χ1n) is 6.33. The van der Waals surface area contributed by atoms with Gasteiger partial charge in [0.25, 0.3) is 0 Å². The molecule has 1 amide bonds. The monoisotopic (exact) mass is 296 g/mol. The van der Waals surface area contributed by atoms with Crippen molar-refractivity contribution in [3.8, 4) is 0 Å². The Kier molecular flexibility index (Phi) is 5.19. The van der Waals surface area contributed by atoms with E-state index in [9.17, 15) is 4.79 Å². The summed E-state index contributed by atoms with van der Waals surface area (Å²) in [5, 5.41) is 5.33. The molecule has 5 heteroatoms. The van der Waals surface area contributed by atoms with Crippen LogP contribution in [0.2, 0.25) is 5.02 Å². The minimum Gasteiger partial charge on any atom is -0.370 e. The number of thiophene rings is 1. The van der Waals surface area contributed by atoms with E-state index in [0.717, 1.165) is 41.2 Å². The van der Waals surface area contributed by atoms with Gasteiger partial charge in [-0.05, 0) is 25.5 Å². The third kappa shape index (κ3) is 3.93. The number of nitrogens with two attached hydrogens (primary N) is 1. The first-order chi connectivity index (χ1) is 9.18. The number of rotatable bonds is 7. The Hall–Kier alpha value is -1.10. The number of hydrogen-bond donors (Lipinski definition) is 2. The summed E-state index contributed by atoms with van der Waals surface area (Å²) in [5.41, 5.74) is 5.09. The van der Waals surface area contributed by atoms with Gasteiger partial charge >= 0.3 is 0 Å². The van der Waals surface area contributed by atoms with Crippen molar-refractivity contribution in [2.75, 3.05) is 6.54 Å². The van der Waals surface area contributed by atoms with Crippen molar-refractivity contribution < 1.29 is 4.79 Å². The van der Waals surface area contributed by atoms with E-state index < -0.39 is 0 Å². The van der Waals surface area contributed by atoms with Crippen LogP contribution in [-0.4, -0.2) is 12.5 Å². The molecule has 0 unspecified atom stereocenters. The van der Waals surface area contributed by atoms with Gasteiger partial charge in [0.2, 0.25) is 5.91 Å². The molecule has 0 fully saturated rings. The summed E-state index contributed by atoms with van der Waals surface area (Å²) in [4.78, 5) is 11.7. The van der Waals surface area contributed by atoms with Crippen molar-refractivity contribution in [3.63, 3.8) is 0 Å². The number of carbonyl (C=O) groups excluding carboxylic acids is 1. The molecule has 1 heterocycles. The van der Waals surface area contributed by atoms with Crippen LogP contribution in [0.1, 0.15) is 24.1 Å². The maximum Gasteiger partial charge on any atom is 0.217 e. The number of nitrogens with one attached hydrogen (secondary N) is 1. The maximum atomic E-state index is 10.6. The Morgan fingerprint density at radius 3 is 2.84 bits per heavy atom. The standard InChI is InChI=1S/C14H17ClN2OS/c15-14-10-5-1-2-6-11(10)19-12(14)9-17-8-4-3-7-13(16)18/h1-2,5-6,17H,3-4,7-9H2,(H2,16,18). The molecule has 102 valence electrons. The van der Waals surface area contributed by atoms with E-state index in [1.807, 2.05) is 18.2 Å². The van der Waals surface area contributed by atoms with Gasteiger partial charge in [0, 0.05) is 27.9 Å². The number of unbranched alkanes of at least 4 members (excludes halogenated alkanes) is 1. The van der Waals surface area contributed by atoms with E-state index in [1.54, 1.807) is 11.3 Å².